The molecule has 2 heterocycles. The highest BCUT2D eigenvalue weighted by atomic mass is 16.5. The lowest BCUT2D eigenvalue weighted by Gasteiger charge is -2.23. The number of para-hydroxylation sites is 1. The van der Waals surface area contributed by atoms with Crippen LogP contribution in [0.3, 0.4) is 0 Å². The molecule has 3 N–H and O–H groups in total. The molecular weight excluding hydrogens is 288 g/mol. The summed E-state index contributed by atoms with van der Waals surface area (Å²) < 4.78 is 5.11. The number of aromatic amines is 1. The summed E-state index contributed by atoms with van der Waals surface area (Å²) in [5.74, 6) is -1.75. The summed E-state index contributed by atoms with van der Waals surface area (Å²) in [5.41, 5.74) is -1.20. The van der Waals surface area contributed by atoms with Crippen LogP contribution >= 0.6 is 0 Å². The molecule has 1 saturated heterocycles. The van der Waals surface area contributed by atoms with Crippen LogP contribution in [0.2, 0.25) is 0 Å². The second-order valence-electron chi connectivity index (χ2n) is 5.24. The molecule has 2 aromatic rings. The van der Waals surface area contributed by atoms with E-state index in [-0.39, 0.29) is 25.2 Å². The molecule has 1 amide bonds. The summed E-state index contributed by atoms with van der Waals surface area (Å²) in [6.45, 7) is 0.178. The van der Waals surface area contributed by atoms with Gasteiger partial charge in [-0.15, -0.1) is 0 Å². The molecule has 1 aliphatic rings. The summed E-state index contributed by atoms with van der Waals surface area (Å²) >= 11 is 0. The first-order valence-electron chi connectivity index (χ1n) is 6.78. The lowest BCUT2D eigenvalue weighted by molar-refractivity contribution is -0.144. The van der Waals surface area contributed by atoms with E-state index in [1.165, 1.54) is 6.07 Å². The molecule has 1 aliphatic heterocycles. The predicted octanol–water partition coefficient (Wildman–Crippen LogP) is 0.502. The first-order chi connectivity index (χ1) is 10.5. The van der Waals surface area contributed by atoms with Gasteiger partial charge in [-0.2, -0.15) is 0 Å². The van der Waals surface area contributed by atoms with Gasteiger partial charge in [0.1, 0.15) is 0 Å². The zero-order valence-corrected chi connectivity index (χ0v) is 11.6. The van der Waals surface area contributed by atoms with E-state index < -0.39 is 23.0 Å². The average Bonchev–Trinajstić information content (AvgIpc) is 2.96. The third-order valence-corrected chi connectivity index (χ3v) is 3.78. The summed E-state index contributed by atoms with van der Waals surface area (Å²) in [4.78, 5) is 38.3. The molecular formula is C15H14N2O5. The lowest BCUT2D eigenvalue weighted by atomic mass is 9.98. The fraction of sp³-hybridized carbons (Fsp3) is 0.267. The number of H-pyrrole nitrogens is 1. The largest absolute Gasteiger partial charge is 0.479 e. The number of fused-ring (bicyclic) bond motifs is 1. The molecule has 1 aromatic carbocycles. The second-order valence-corrected chi connectivity index (χ2v) is 5.24. The van der Waals surface area contributed by atoms with Gasteiger partial charge in [-0.1, -0.05) is 18.2 Å². The maximum atomic E-state index is 12.5. The third-order valence-electron chi connectivity index (χ3n) is 3.78. The van der Waals surface area contributed by atoms with Crippen molar-refractivity contribution in [2.75, 3.05) is 13.2 Å². The van der Waals surface area contributed by atoms with E-state index in [1.807, 2.05) is 0 Å². The van der Waals surface area contributed by atoms with Crippen LogP contribution in [-0.2, 0) is 9.53 Å². The van der Waals surface area contributed by atoms with Crippen LogP contribution in [-0.4, -0.2) is 40.7 Å². The Kier molecular flexibility index (Phi) is 3.42. The molecule has 1 unspecified atom stereocenters. The van der Waals surface area contributed by atoms with Crippen molar-refractivity contribution in [1.82, 2.24) is 10.3 Å². The number of carbonyl (C=O) groups is 2. The molecule has 0 aliphatic carbocycles. The van der Waals surface area contributed by atoms with E-state index in [9.17, 15) is 19.5 Å². The Balaban J connectivity index is 2.02. The Labute approximate surface area is 124 Å². The number of hydrogen-bond acceptors (Lipinski definition) is 4. The van der Waals surface area contributed by atoms with Crippen molar-refractivity contribution in [1.29, 1.82) is 0 Å². The van der Waals surface area contributed by atoms with Crippen LogP contribution in [0.4, 0.5) is 0 Å². The smallest absolute Gasteiger partial charge is 0.331 e. The summed E-state index contributed by atoms with van der Waals surface area (Å²) in [5, 5.41) is 12.4. The highest BCUT2D eigenvalue weighted by molar-refractivity contribution is 6.07. The minimum absolute atomic E-state index is 0.0881. The number of aromatic nitrogens is 1. The number of carbonyl (C=O) groups excluding carboxylic acids is 1. The molecule has 7 nitrogen and oxygen atoms in total. The quantitative estimate of drug-likeness (QED) is 0.765. The van der Waals surface area contributed by atoms with Gasteiger partial charge < -0.3 is 20.1 Å². The standard InChI is InChI=1S/C15H14N2O5/c18-12-7-10(9-3-1-2-4-11(9)16-12)13(19)17-15(14(20)21)5-6-22-8-15/h1-4,7H,5-6,8H2,(H,16,18)(H,17,19)(H,20,21). The predicted molar refractivity (Wildman–Crippen MR) is 77.8 cm³/mol. The molecule has 3 rings (SSSR count). The van der Waals surface area contributed by atoms with Crippen molar-refractivity contribution in [2.45, 2.75) is 12.0 Å². The van der Waals surface area contributed by atoms with Crippen molar-refractivity contribution in [3.05, 3.63) is 46.2 Å². The van der Waals surface area contributed by atoms with Gasteiger partial charge in [0, 0.05) is 30.0 Å². The molecule has 1 fully saturated rings. The number of carboxylic acids is 1. The number of amides is 1. The zero-order valence-electron chi connectivity index (χ0n) is 11.6. The Morgan fingerprint density at radius 1 is 1.32 bits per heavy atom. The lowest BCUT2D eigenvalue weighted by Crippen LogP contribution is -2.55. The zero-order chi connectivity index (χ0) is 15.7. The number of benzene rings is 1. The van der Waals surface area contributed by atoms with Crippen LogP contribution in [0.1, 0.15) is 16.8 Å². The van der Waals surface area contributed by atoms with E-state index in [0.717, 1.165) is 0 Å². The molecule has 1 atom stereocenters. The normalized spacial score (nSPS) is 20.9. The number of pyridine rings is 1. The fourth-order valence-corrected chi connectivity index (χ4v) is 2.56. The van der Waals surface area contributed by atoms with Gasteiger partial charge in [0.15, 0.2) is 5.54 Å². The monoisotopic (exact) mass is 302 g/mol. The second kappa shape index (κ2) is 5.27. The summed E-state index contributed by atoms with van der Waals surface area (Å²) in [7, 11) is 0. The first kappa shape index (κ1) is 14.3. The van der Waals surface area contributed by atoms with Crippen molar-refractivity contribution in [3.63, 3.8) is 0 Å². The third kappa shape index (κ3) is 2.35. The number of aliphatic carboxylic acids is 1. The Hall–Kier alpha value is -2.67. The van der Waals surface area contributed by atoms with E-state index in [1.54, 1.807) is 24.3 Å². The summed E-state index contributed by atoms with van der Waals surface area (Å²) in [6, 6.07) is 8.02. The molecule has 22 heavy (non-hydrogen) atoms. The van der Waals surface area contributed by atoms with Gasteiger partial charge in [0.2, 0.25) is 5.56 Å². The fourth-order valence-electron chi connectivity index (χ4n) is 2.56. The highest BCUT2D eigenvalue weighted by Gasteiger charge is 2.44. The van der Waals surface area contributed by atoms with Gasteiger partial charge in [0.05, 0.1) is 12.2 Å². The van der Waals surface area contributed by atoms with Crippen molar-refractivity contribution in [3.8, 4) is 0 Å². The maximum Gasteiger partial charge on any atom is 0.331 e. The minimum atomic E-state index is -1.44. The van der Waals surface area contributed by atoms with Gasteiger partial charge in [0.25, 0.3) is 5.91 Å². The molecule has 0 saturated carbocycles. The molecule has 114 valence electrons. The highest BCUT2D eigenvalue weighted by Crippen LogP contribution is 2.21. The van der Waals surface area contributed by atoms with E-state index in [2.05, 4.69) is 10.3 Å². The van der Waals surface area contributed by atoms with Crippen LogP contribution in [0, 0.1) is 0 Å². The Bertz CT molecular complexity index is 805. The molecule has 0 radical (unpaired) electrons. The number of carboxylic acid groups (broad SMARTS) is 1. The van der Waals surface area contributed by atoms with Crippen LogP contribution < -0.4 is 10.9 Å². The number of rotatable bonds is 3. The number of nitrogens with one attached hydrogen (secondary N) is 2. The summed E-state index contributed by atoms with van der Waals surface area (Å²) in [6.07, 6.45) is 0.190. The van der Waals surface area contributed by atoms with Crippen LogP contribution in [0.25, 0.3) is 10.9 Å². The molecule has 7 heteroatoms. The van der Waals surface area contributed by atoms with E-state index >= 15 is 0 Å². The number of hydrogen-bond donors (Lipinski definition) is 3. The van der Waals surface area contributed by atoms with Crippen molar-refractivity contribution < 1.29 is 19.4 Å². The average molecular weight is 302 g/mol. The molecule has 1 aromatic heterocycles. The minimum Gasteiger partial charge on any atom is -0.479 e. The van der Waals surface area contributed by atoms with Crippen molar-refractivity contribution in [2.24, 2.45) is 0 Å². The van der Waals surface area contributed by atoms with Crippen LogP contribution in [0.15, 0.2) is 35.1 Å². The van der Waals surface area contributed by atoms with Crippen molar-refractivity contribution >= 4 is 22.8 Å². The van der Waals surface area contributed by atoms with Gasteiger partial charge >= 0.3 is 5.97 Å². The molecule has 0 bridgehead atoms. The van der Waals surface area contributed by atoms with E-state index in [0.29, 0.717) is 10.9 Å². The Morgan fingerprint density at radius 2 is 2.09 bits per heavy atom. The topological polar surface area (TPSA) is 108 Å². The maximum absolute atomic E-state index is 12.5. The Morgan fingerprint density at radius 3 is 2.77 bits per heavy atom. The molecule has 0 spiro atoms. The van der Waals surface area contributed by atoms with Gasteiger partial charge in [-0.3, -0.25) is 9.59 Å². The van der Waals surface area contributed by atoms with Crippen LogP contribution in [0.5, 0.6) is 0 Å². The first-order valence-corrected chi connectivity index (χ1v) is 6.78. The SMILES string of the molecule is O=C(NC1(C(=O)O)CCOC1)c1cc(=O)[nH]c2ccccc12. The van der Waals surface area contributed by atoms with Gasteiger partial charge in [-0.05, 0) is 6.07 Å². The van der Waals surface area contributed by atoms with Gasteiger partial charge in [-0.25, -0.2) is 4.79 Å². The number of ether oxygens (including phenoxy) is 1. The van der Waals surface area contributed by atoms with E-state index in [4.69, 9.17) is 4.74 Å².